The smallest absolute Gasteiger partial charge is 0.202 e. The van der Waals surface area contributed by atoms with E-state index in [0.717, 1.165) is 11.3 Å². The second-order valence-corrected chi connectivity index (χ2v) is 4.13. The predicted molar refractivity (Wildman–Crippen MR) is 64.7 cm³/mol. The number of anilines is 1. The van der Waals surface area contributed by atoms with Crippen molar-refractivity contribution in [1.29, 1.82) is 10.5 Å². The maximum atomic E-state index is 8.97. The molecule has 0 radical (unpaired) electrons. The number of benzene rings is 1. The summed E-state index contributed by atoms with van der Waals surface area (Å²) in [5.41, 5.74) is 6.07. The molecule has 0 atom stereocenters. The van der Waals surface area contributed by atoms with E-state index in [1.807, 2.05) is 30.3 Å². The first-order chi connectivity index (χ1) is 8.26. The minimum Gasteiger partial charge on any atom is -0.445 e. The Bertz CT molecular complexity index is 620. The van der Waals surface area contributed by atoms with Crippen molar-refractivity contribution in [2.45, 2.75) is 0 Å². The summed E-state index contributed by atoms with van der Waals surface area (Å²) in [7, 11) is 0. The molecule has 0 saturated heterocycles. The maximum absolute atomic E-state index is 8.97. The largest absolute Gasteiger partial charge is 0.445 e. The minimum atomic E-state index is 0.186. The first kappa shape index (κ1) is 11.0. The molecule has 82 valence electrons. The Labute approximate surface area is 102 Å². The van der Waals surface area contributed by atoms with E-state index >= 15 is 0 Å². The van der Waals surface area contributed by atoms with E-state index in [9.17, 15) is 0 Å². The van der Waals surface area contributed by atoms with Gasteiger partial charge in [0, 0.05) is 0 Å². The SMILES string of the molecule is N#Cc1sc(Oc2ccccc2)c(C#N)c1N. The average Bonchev–Trinajstić information content (AvgIpc) is 2.66. The van der Waals surface area contributed by atoms with Crippen molar-refractivity contribution < 1.29 is 4.74 Å². The molecule has 0 bridgehead atoms. The highest BCUT2D eigenvalue weighted by molar-refractivity contribution is 7.15. The summed E-state index contributed by atoms with van der Waals surface area (Å²) in [5.74, 6) is 0.606. The van der Waals surface area contributed by atoms with Gasteiger partial charge in [0.15, 0.2) is 0 Å². The molecule has 0 aliphatic carbocycles. The minimum absolute atomic E-state index is 0.186. The molecule has 2 rings (SSSR count). The molecule has 0 fully saturated rings. The quantitative estimate of drug-likeness (QED) is 0.876. The molecule has 2 aromatic rings. The highest BCUT2D eigenvalue weighted by atomic mass is 32.1. The fourth-order valence-electron chi connectivity index (χ4n) is 1.28. The fraction of sp³-hybridized carbons (Fsp3) is 0. The van der Waals surface area contributed by atoms with Gasteiger partial charge in [-0.15, -0.1) is 0 Å². The molecule has 0 unspecified atom stereocenters. The molecular formula is C12H7N3OS. The summed E-state index contributed by atoms with van der Waals surface area (Å²) in [4.78, 5) is 0.299. The van der Waals surface area contributed by atoms with Crippen LogP contribution in [0.3, 0.4) is 0 Å². The molecule has 0 aliphatic heterocycles. The van der Waals surface area contributed by atoms with Crippen LogP contribution in [0.15, 0.2) is 30.3 Å². The number of nitrogen functional groups attached to an aromatic ring is 1. The molecule has 1 aromatic heterocycles. The summed E-state index contributed by atoms with van der Waals surface area (Å²) in [5, 5.41) is 18.2. The van der Waals surface area contributed by atoms with Gasteiger partial charge in [0.2, 0.25) is 5.06 Å². The molecule has 0 saturated carbocycles. The van der Waals surface area contributed by atoms with Crippen LogP contribution in [-0.4, -0.2) is 0 Å². The Hall–Kier alpha value is -2.50. The third-order valence-corrected chi connectivity index (χ3v) is 3.07. The number of nitriles is 2. The zero-order valence-electron chi connectivity index (χ0n) is 8.68. The van der Waals surface area contributed by atoms with Gasteiger partial charge in [0.25, 0.3) is 0 Å². The van der Waals surface area contributed by atoms with Gasteiger partial charge in [-0.2, -0.15) is 10.5 Å². The zero-order valence-corrected chi connectivity index (χ0v) is 9.49. The van der Waals surface area contributed by atoms with Gasteiger partial charge in [-0.25, -0.2) is 0 Å². The van der Waals surface area contributed by atoms with Crippen LogP contribution in [0.1, 0.15) is 10.4 Å². The lowest BCUT2D eigenvalue weighted by Gasteiger charge is -2.02. The van der Waals surface area contributed by atoms with E-state index < -0.39 is 0 Å². The van der Waals surface area contributed by atoms with Crippen molar-refractivity contribution in [3.8, 4) is 23.0 Å². The van der Waals surface area contributed by atoms with Gasteiger partial charge < -0.3 is 10.5 Å². The second-order valence-electron chi connectivity index (χ2n) is 3.15. The van der Waals surface area contributed by atoms with Crippen LogP contribution in [0.2, 0.25) is 0 Å². The standard InChI is InChI=1S/C12H7N3OS/c13-6-9-11(15)10(7-14)17-12(9)16-8-4-2-1-3-5-8/h1-5H,15H2. The Balaban J connectivity index is 2.41. The number of ether oxygens (including phenoxy) is 1. The Morgan fingerprint density at radius 2 is 1.82 bits per heavy atom. The van der Waals surface area contributed by atoms with Crippen LogP contribution >= 0.6 is 11.3 Å². The highest BCUT2D eigenvalue weighted by Gasteiger charge is 2.17. The number of thiophene rings is 1. The molecule has 2 N–H and O–H groups in total. The number of nitrogens with zero attached hydrogens (tertiary/aromatic N) is 2. The number of hydrogen-bond donors (Lipinski definition) is 1. The summed E-state index contributed by atoms with van der Waals surface area (Å²) in [6.45, 7) is 0. The van der Waals surface area contributed by atoms with Crippen molar-refractivity contribution in [3.63, 3.8) is 0 Å². The van der Waals surface area contributed by atoms with E-state index in [2.05, 4.69) is 0 Å². The van der Waals surface area contributed by atoms with Crippen LogP contribution in [0.5, 0.6) is 10.8 Å². The zero-order chi connectivity index (χ0) is 12.3. The lowest BCUT2D eigenvalue weighted by atomic mass is 10.3. The van der Waals surface area contributed by atoms with E-state index in [1.54, 1.807) is 12.1 Å². The topological polar surface area (TPSA) is 82.8 Å². The number of hydrogen-bond acceptors (Lipinski definition) is 5. The van der Waals surface area contributed by atoms with Gasteiger partial charge in [-0.05, 0) is 12.1 Å². The van der Waals surface area contributed by atoms with Gasteiger partial charge in [-0.1, -0.05) is 29.5 Å². The number of para-hydroxylation sites is 1. The number of rotatable bonds is 2. The van der Waals surface area contributed by atoms with Crippen LogP contribution in [0.25, 0.3) is 0 Å². The van der Waals surface area contributed by atoms with Crippen molar-refractivity contribution >= 4 is 17.0 Å². The normalized spacial score (nSPS) is 9.29. The van der Waals surface area contributed by atoms with E-state index in [1.165, 1.54) is 0 Å². The molecule has 4 nitrogen and oxygen atoms in total. The fourth-order valence-corrected chi connectivity index (χ4v) is 2.12. The molecule has 17 heavy (non-hydrogen) atoms. The lowest BCUT2D eigenvalue weighted by Crippen LogP contribution is -1.89. The molecule has 0 amide bonds. The first-order valence-corrected chi connectivity index (χ1v) is 5.53. The van der Waals surface area contributed by atoms with E-state index in [-0.39, 0.29) is 11.3 Å². The predicted octanol–water partition coefficient (Wildman–Crippen LogP) is 2.87. The van der Waals surface area contributed by atoms with Gasteiger partial charge in [0.05, 0.1) is 5.69 Å². The molecule has 1 heterocycles. The van der Waals surface area contributed by atoms with Crippen LogP contribution < -0.4 is 10.5 Å². The summed E-state index contributed by atoms with van der Waals surface area (Å²) >= 11 is 1.07. The van der Waals surface area contributed by atoms with Crippen LogP contribution in [0, 0.1) is 22.7 Å². The van der Waals surface area contributed by atoms with Crippen molar-refractivity contribution in [2.75, 3.05) is 5.73 Å². The van der Waals surface area contributed by atoms with Crippen molar-refractivity contribution in [2.24, 2.45) is 0 Å². The third kappa shape index (κ3) is 2.05. The summed E-state index contributed by atoms with van der Waals surface area (Å²) in [6, 6.07) is 12.9. The van der Waals surface area contributed by atoms with Gasteiger partial charge >= 0.3 is 0 Å². The van der Waals surface area contributed by atoms with Crippen LogP contribution in [0.4, 0.5) is 5.69 Å². The highest BCUT2D eigenvalue weighted by Crippen LogP contribution is 2.39. The molecule has 1 aromatic carbocycles. The third-order valence-electron chi connectivity index (χ3n) is 2.08. The van der Waals surface area contributed by atoms with Gasteiger partial charge in [0.1, 0.15) is 28.3 Å². The molecule has 5 heteroatoms. The Kier molecular flexibility index (Phi) is 2.95. The van der Waals surface area contributed by atoms with E-state index in [0.29, 0.717) is 15.7 Å². The lowest BCUT2D eigenvalue weighted by molar-refractivity contribution is 0.495. The summed E-state index contributed by atoms with van der Waals surface area (Å²) < 4.78 is 5.53. The van der Waals surface area contributed by atoms with E-state index in [4.69, 9.17) is 21.0 Å². The molecular weight excluding hydrogens is 234 g/mol. The Morgan fingerprint density at radius 1 is 1.12 bits per heavy atom. The molecule has 0 aliphatic rings. The first-order valence-electron chi connectivity index (χ1n) is 4.71. The average molecular weight is 241 g/mol. The Morgan fingerprint density at radius 3 is 2.41 bits per heavy atom. The van der Waals surface area contributed by atoms with Crippen molar-refractivity contribution in [1.82, 2.24) is 0 Å². The second kappa shape index (κ2) is 4.56. The molecule has 0 spiro atoms. The number of nitrogens with two attached hydrogens (primary N) is 1. The monoisotopic (exact) mass is 241 g/mol. The summed E-state index contributed by atoms with van der Waals surface area (Å²) in [6.07, 6.45) is 0. The van der Waals surface area contributed by atoms with Crippen LogP contribution in [-0.2, 0) is 0 Å². The van der Waals surface area contributed by atoms with Gasteiger partial charge in [-0.3, -0.25) is 0 Å². The maximum Gasteiger partial charge on any atom is 0.202 e. The van der Waals surface area contributed by atoms with Crippen molar-refractivity contribution in [3.05, 3.63) is 40.8 Å².